The number of nitrogens with one attached hydrogen (secondary N) is 1. The summed E-state index contributed by atoms with van der Waals surface area (Å²) in [5, 5.41) is 23.7. The smallest absolute Gasteiger partial charge is 0.252 e. The van der Waals surface area contributed by atoms with Crippen LogP contribution < -0.4 is 5.32 Å². The van der Waals surface area contributed by atoms with E-state index in [1.54, 1.807) is 0 Å². The fourth-order valence-corrected chi connectivity index (χ4v) is 4.00. The molecular weight excluding hydrogens is 302 g/mol. The summed E-state index contributed by atoms with van der Waals surface area (Å²) in [6.07, 6.45) is 2.96. The minimum atomic E-state index is -1.34. The van der Waals surface area contributed by atoms with E-state index in [1.807, 2.05) is 30.3 Å². The molecular formula is C20H31NO3. The van der Waals surface area contributed by atoms with E-state index in [1.165, 1.54) is 0 Å². The Labute approximate surface area is 145 Å². The van der Waals surface area contributed by atoms with Crippen molar-refractivity contribution in [3.05, 3.63) is 35.9 Å². The average molecular weight is 333 g/mol. The van der Waals surface area contributed by atoms with Crippen LogP contribution in [0.3, 0.4) is 0 Å². The molecule has 24 heavy (non-hydrogen) atoms. The van der Waals surface area contributed by atoms with Gasteiger partial charge in [0, 0.05) is 0 Å². The zero-order chi connectivity index (χ0) is 17.7. The Kier molecular flexibility index (Phi) is 6.41. The van der Waals surface area contributed by atoms with E-state index in [4.69, 9.17) is 0 Å². The Morgan fingerprint density at radius 2 is 1.96 bits per heavy atom. The van der Waals surface area contributed by atoms with Gasteiger partial charge in [0.05, 0.1) is 12.6 Å². The highest BCUT2D eigenvalue weighted by molar-refractivity contribution is 5.85. The summed E-state index contributed by atoms with van der Waals surface area (Å²) in [7, 11) is 0. The van der Waals surface area contributed by atoms with Crippen LogP contribution in [0.15, 0.2) is 30.3 Å². The highest BCUT2D eigenvalue weighted by atomic mass is 16.3. The number of rotatable bonds is 6. The SMILES string of the molecule is CC1CCC(C(C)C)[C@@](O)(C(=O)N[C@H](CO)Cc2ccccc2)C1. The number of carbonyl (C=O) groups is 1. The molecule has 1 saturated carbocycles. The Balaban J connectivity index is 2.09. The Morgan fingerprint density at radius 3 is 2.54 bits per heavy atom. The third-order valence-electron chi connectivity index (χ3n) is 5.32. The normalized spacial score (nSPS) is 28.6. The van der Waals surface area contributed by atoms with Crippen LogP contribution in [0.2, 0.25) is 0 Å². The van der Waals surface area contributed by atoms with Crippen molar-refractivity contribution < 1.29 is 15.0 Å². The summed E-state index contributed by atoms with van der Waals surface area (Å²) in [5.74, 6) is 0.208. The van der Waals surface area contributed by atoms with Gasteiger partial charge in [0.2, 0.25) is 0 Å². The monoisotopic (exact) mass is 333 g/mol. The molecule has 0 radical (unpaired) electrons. The maximum absolute atomic E-state index is 12.9. The highest BCUT2D eigenvalue weighted by Crippen LogP contribution is 2.41. The standard InChI is InChI=1S/C20H31NO3/c1-14(2)18-10-9-15(3)12-20(18,24)19(23)21-17(13-22)11-16-7-5-4-6-8-16/h4-8,14-15,17-18,22,24H,9-13H2,1-3H3,(H,21,23)/t15?,17-,18?,20+/m0/s1. The predicted octanol–water partition coefficient (Wildman–Crippen LogP) is 2.53. The molecule has 0 bridgehead atoms. The van der Waals surface area contributed by atoms with E-state index >= 15 is 0 Å². The lowest BCUT2D eigenvalue weighted by Crippen LogP contribution is -2.58. The molecule has 4 atom stereocenters. The minimum absolute atomic E-state index is 0.0373. The summed E-state index contributed by atoms with van der Waals surface area (Å²) in [6, 6.07) is 9.39. The van der Waals surface area contributed by atoms with Gasteiger partial charge in [-0.05, 0) is 42.6 Å². The van der Waals surface area contributed by atoms with Crippen molar-refractivity contribution in [3.63, 3.8) is 0 Å². The molecule has 2 unspecified atom stereocenters. The molecule has 134 valence electrons. The second-order valence-corrected chi connectivity index (χ2v) is 7.70. The fourth-order valence-electron chi connectivity index (χ4n) is 4.00. The highest BCUT2D eigenvalue weighted by Gasteiger charge is 2.48. The van der Waals surface area contributed by atoms with Crippen molar-refractivity contribution >= 4 is 5.91 Å². The Bertz CT molecular complexity index is 531. The first-order valence-electron chi connectivity index (χ1n) is 9.05. The van der Waals surface area contributed by atoms with Crippen LogP contribution in [0.1, 0.15) is 45.6 Å². The van der Waals surface area contributed by atoms with Crippen molar-refractivity contribution in [3.8, 4) is 0 Å². The second-order valence-electron chi connectivity index (χ2n) is 7.70. The maximum Gasteiger partial charge on any atom is 0.252 e. The van der Waals surface area contributed by atoms with Gasteiger partial charge in [-0.15, -0.1) is 0 Å². The average Bonchev–Trinajstić information content (AvgIpc) is 2.54. The van der Waals surface area contributed by atoms with Gasteiger partial charge in [-0.3, -0.25) is 4.79 Å². The summed E-state index contributed by atoms with van der Waals surface area (Å²) in [4.78, 5) is 12.9. The van der Waals surface area contributed by atoms with Gasteiger partial charge < -0.3 is 15.5 Å². The molecule has 4 nitrogen and oxygen atoms in total. The number of hydrogen-bond donors (Lipinski definition) is 3. The van der Waals surface area contributed by atoms with Crippen LogP contribution in [-0.4, -0.2) is 34.4 Å². The first-order chi connectivity index (χ1) is 11.4. The van der Waals surface area contributed by atoms with Crippen LogP contribution in [0.4, 0.5) is 0 Å². The number of carbonyl (C=O) groups excluding carboxylic acids is 1. The summed E-state index contributed by atoms with van der Waals surface area (Å²) in [5.41, 5.74) is -0.281. The number of benzene rings is 1. The van der Waals surface area contributed by atoms with E-state index in [0.717, 1.165) is 18.4 Å². The molecule has 2 rings (SSSR count). The third-order valence-corrected chi connectivity index (χ3v) is 5.32. The van der Waals surface area contributed by atoms with Crippen LogP contribution in [0.5, 0.6) is 0 Å². The molecule has 1 amide bonds. The van der Waals surface area contributed by atoms with Gasteiger partial charge in [0.15, 0.2) is 0 Å². The van der Waals surface area contributed by atoms with E-state index in [0.29, 0.717) is 18.8 Å². The largest absolute Gasteiger partial charge is 0.394 e. The minimum Gasteiger partial charge on any atom is -0.394 e. The van der Waals surface area contributed by atoms with Gasteiger partial charge in [-0.25, -0.2) is 0 Å². The number of amides is 1. The zero-order valence-electron chi connectivity index (χ0n) is 15.0. The lowest BCUT2D eigenvalue weighted by atomic mass is 9.66. The number of hydrogen-bond acceptors (Lipinski definition) is 3. The Hall–Kier alpha value is -1.39. The topological polar surface area (TPSA) is 69.6 Å². The van der Waals surface area contributed by atoms with Crippen LogP contribution >= 0.6 is 0 Å². The lowest BCUT2D eigenvalue weighted by Gasteiger charge is -2.43. The van der Waals surface area contributed by atoms with Crippen LogP contribution in [0, 0.1) is 17.8 Å². The molecule has 0 heterocycles. The molecule has 0 spiro atoms. The quantitative estimate of drug-likeness (QED) is 0.749. The first-order valence-corrected chi connectivity index (χ1v) is 9.05. The number of aliphatic hydroxyl groups excluding tert-OH is 1. The molecule has 0 aliphatic heterocycles. The van der Waals surface area contributed by atoms with Crippen molar-refractivity contribution in [2.45, 2.75) is 58.1 Å². The lowest BCUT2D eigenvalue weighted by molar-refractivity contribution is -0.156. The first kappa shape index (κ1) is 18.9. The van der Waals surface area contributed by atoms with Crippen LogP contribution in [-0.2, 0) is 11.2 Å². The van der Waals surface area contributed by atoms with E-state index < -0.39 is 5.60 Å². The zero-order valence-corrected chi connectivity index (χ0v) is 15.0. The van der Waals surface area contributed by atoms with Gasteiger partial charge in [-0.2, -0.15) is 0 Å². The molecule has 0 aromatic heterocycles. The molecule has 0 saturated heterocycles. The summed E-state index contributed by atoms with van der Waals surface area (Å²) < 4.78 is 0. The predicted molar refractivity (Wildman–Crippen MR) is 95.5 cm³/mol. The molecule has 1 aromatic carbocycles. The van der Waals surface area contributed by atoms with Crippen molar-refractivity contribution in [1.29, 1.82) is 0 Å². The summed E-state index contributed by atoms with van der Waals surface area (Å²) in [6.45, 7) is 6.07. The maximum atomic E-state index is 12.9. The van der Waals surface area contributed by atoms with Gasteiger partial charge in [0.1, 0.15) is 5.60 Å². The van der Waals surface area contributed by atoms with E-state index in [2.05, 4.69) is 26.1 Å². The third kappa shape index (κ3) is 4.37. The molecule has 1 aromatic rings. The van der Waals surface area contributed by atoms with Gasteiger partial charge >= 0.3 is 0 Å². The van der Waals surface area contributed by atoms with Gasteiger partial charge in [-0.1, -0.05) is 57.5 Å². The summed E-state index contributed by atoms with van der Waals surface area (Å²) >= 11 is 0. The fraction of sp³-hybridized carbons (Fsp3) is 0.650. The van der Waals surface area contributed by atoms with E-state index in [9.17, 15) is 15.0 Å². The van der Waals surface area contributed by atoms with Crippen LogP contribution in [0.25, 0.3) is 0 Å². The molecule has 4 heteroatoms. The Morgan fingerprint density at radius 1 is 1.29 bits per heavy atom. The van der Waals surface area contributed by atoms with Gasteiger partial charge in [0.25, 0.3) is 5.91 Å². The molecule has 1 fully saturated rings. The molecule has 3 N–H and O–H groups in total. The number of aliphatic hydroxyl groups is 2. The van der Waals surface area contributed by atoms with E-state index in [-0.39, 0.29) is 30.4 Å². The van der Waals surface area contributed by atoms with Crippen molar-refractivity contribution in [2.24, 2.45) is 17.8 Å². The molecule has 1 aliphatic rings. The second kappa shape index (κ2) is 8.13. The van der Waals surface area contributed by atoms with Crippen molar-refractivity contribution in [1.82, 2.24) is 5.32 Å². The van der Waals surface area contributed by atoms with Crippen molar-refractivity contribution in [2.75, 3.05) is 6.61 Å². The molecule has 1 aliphatic carbocycles.